The molecule has 2 aliphatic rings. The van der Waals surface area contributed by atoms with Crippen LogP contribution in [0.25, 0.3) is 67.4 Å². The first-order valence-corrected chi connectivity index (χ1v) is 27.4. The second-order valence-electron chi connectivity index (χ2n) is 18.0. The van der Waals surface area contributed by atoms with Crippen molar-refractivity contribution in [2.75, 3.05) is 0 Å². The van der Waals surface area contributed by atoms with Gasteiger partial charge >= 0.3 is 0 Å². The fraction of sp³-hybridized carbons (Fsp3) is 0. The molecule has 0 bridgehead atoms. The molecule has 0 fully saturated rings. The van der Waals surface area contributed by atoms with E-state index >= 15 is 0 Å². The molecule has 6 heteroatoms. The minimum atomic E-state index is -3.12. The molecular weight excluding hydrogens is 857 g/mol. The summed E-state index contributed by atoms with van der Waals surface area (Å²) < 4.78 is 4.70. The van der Waals surface area contributed by atoms with Gasteiger partial charge in [-0.25, -0.2) is 9.97 Å². The van der Waals surface area contributed by atoms with Gasteiger partial charge < -0.3 is 0 Å². The molecule has 6 heterocycles. The monoisotopic (exact) mass is 898 g/mol. The minimum Gasteiger partial charge on any atom is -0.294 e. The van der Waals surface area contributed by atoms with Crippen LogP contribution in [0.5, 0.6) is 0 Å². The van der Waals surface area contributed by atoms with Crippen LogP contribution in [0.3, 0.4) is 0 Å². The lowest BCUT2D eigenvalue weighted by Crippen LogP contribution is -2.72. The van der Waals surface area contributed by atoms with Crippen molar-refractivity contribution >= 4 is 103 Å². The lowest BCUT2D eigenvalue weighted by molar-refractivity contribution is 1.08. The van der Waals surface area contributed by atoms with E-state index in [0.717, 1.165) is 45.1 Å². The molecule has 0 aliphatic carbocycles. The number of hydrogen-bond donors (Lipinski definition) is 0. The zero-order valence-corrected chi connectivity index (χ0v) is 39.0. The fourth-order valence-electron chi connectivity index (χ4n) is 12.0. The van der Waals surface area contributed by atoms with Gasteiger partial charge in [-0.3, -0.25) is 9.13 Å². The highest BCUT2D eigenvalue weighted by Crippen LogP contribution is 2.41. The molecule has 0 amide bonds. The summed E-state index contributed by atoms with van der Waals surface area (Å²) >= 11 is 0. The number of hydrogen-bond acceptors (Lipinski definition) is 2. The molecule has 318 valence electrons. The number of rotatable bonds is 7. The second-order valence-corrected chi connectivity index (χ2v) is 25.5. The molecule has 0 unspecified atom stereocenters. The first-order chi connectivity index (χ1) is 33.7. The Morgan fingerprint density at radius 3 is 0.824 bits per heavy atom. The summed E-state index contributed by atoms with van der Waals surface area (Å²) in [5, 5.41) is 15.6. The van der Waals surface area contributed by atoms with E-state index in [1.165, 1.54) is 63.1 Å². The van der Waals surface area contributed by atoms with Crippen LogP contribution in [-0.2, 0) is 0 Å². The molecule has 0 N–H and O–H groups in total. The Bertz CT molecular complexity index is 3570. The fourth-order valence-corrected chi connectivity index (χ4v) is 23.0. The van der Waals surface area contributed by atoms with Crippen LogP contribution >= 0.6 is 0 Å². The third-order valence-electron chi connectivity index (χ3n) is 14.7. The van der Waals surface area contributed by atoms with Gasteiger partial charge in [0.25, 0.3) is 0 Å². The Morgan fingerprint density at radius 2 is 0.529 bits per heavy atom. The zero-order chi connectivity index (χ0) is 44.8. The first-order valence-electron chi connectivity index (χ1n) is 23.4. The van der Waals surface area contributed by atoms with Crippen LogP contribution in [0.2, 0.25) is 0 Å². The molecule has 0 spiro atoms. The van der Waals surface area contributed by atoms with E-state index in [2.05, 4.69) is 264 Å². The normalized spacial score (nSPS) is 14.6. The predicted octanol–water partition coefficient (Wildman–Crippen LogP) is 10.2. The Morgan fingerprint density at radius 1 is 0.265 bits per heavy atom. The van der Waals surface area contributed by atoms with Gasteiger partial charge in [-0.2, -0.15) is 0 Å². The number of fused-ring (bicyclic) bond motifs is 8. The highest BCUT2D eigenvalue weighted by molar-refractivity contribution is 7.24. The van der Waals surface area contributed by atoms with Gasteiger partial charge in [0, 0.05) is 21.5 Å². The Hall–Kier alpha value is -8.43. The highest BCUT2D eigenvalue weighted by Gasteiger charge is 2.57. The van der Waals surface area contributed by atoms with Crippen LogP contribution in [0.1, 0.15) is 11.4 Å². The molecule has 0 radical (unpaired) electrons. The standard InChI is InChI=1S/C62H42N4Si2/c1-5-21-43(22-6-1)67(44-23-7-2-8-24-44)57-37-39-61(65-53-33-17-13-29-47(53)48-30-14-18-34-54(48)65)63-51(57)41-59(67)60-42-52-58(68(60,45-25-9-3-10-26-45)46-27-11-4-12-28-46)38-40-62(64-52)66-55-35-19-15-31-49(55)50-32-16-20-36-56(50)66/h1-42H. The van der Waals surface area contributed by atoms with Crippen molar-refractivity contribution in [1.82, 2.24) is 19.1 Å². The molecule has 4 nitrogen and oxygen atoms in total. The maximum Gasteiger partial charge on any atom is 0.181 e. The van der Waals surface area contributed by atoms with Gasteiger partial charge in [0.1, 0.15) is 11.6 Å². The summed E-state index contributed by atoms with van der Waals surface area (Å²) in [6.07, 6.45) is 5.00. The lowest BCUT2D eigenvalue weighted by Gasteiger charge is -2.40. The Labute approximate surface area is 396 Å². The number of para-hydroxylation sites is 4. The second kappa shape index (κ2) is 15.1. The molecule has 12 aromatic rings. The smallest absolute Gasteiger partial charge is 0.181 e. The van der Waals surface area contributed by atoms with E-state index < -0.39 is 16.1 Å². The molecule has 68 heavy (non-hydrogen) atoms. The van der Waals surface area contributed by atoms with Gasteiger partial charge in [-0.05, 0) is 90.1 Å². The summed E-state index contributed by atoms with van der Waals surface area (Å²) in [7, 11) is -6.25. The van der Waals surface area contributed by atoms with Crippen molar-refractivity contribution in [2.45, 2.75) is 0 Å². The van der Waals surface area contributed by atoms with E-state index in [4.69, 9.17) is 9.97 Å². The Kier molecular flexibility index (Phi) is 8.59. The van der Waals surface area contributed by atoms with Crippen molar-refractivity contribution in [1.29, 1.82) is 0 Å². The van der Waals surface area contributed by atoms with Gasteiger partial charge in [0.05, 0.1) is 33.5 Å². The van der Waals surface area contributed by atoms with Crippen molar-refractivity contribution in [3.05, 3.63) is 264 Å². The molecule has 14 rings (SSSR count). The van der Waals surface area contributed by atoms with Crippen LogP contribution < -0.4 is 31.1 Å². The number of aromatic nitrogens is 4. The predicted molar refractivity (Wildman–Crippen MR) is 288 cm³/mol. The van der Waals surface area contributed by atoms with E-state index in [9.17, 15) is 0 Å². The molecule has 0 saturated carbocycles. The lowest BCUT2D eigenvalue weighted by atomic mass is 10.2. The average Bonchev–Trinajstić information content (AvgIpc) is 4.15. The maximum absolute atomic E-state index is 5.80. The Balaban J connectivity index is 1.10. The molecule has 0 saturated heterocycles. The highest BCUT2D eigenvalue weighted by atomic mass is 28.3. The summed E-state index contributed by atoms with van der Waals surface area (Å²) in [6, 6.07) is 89.6. The molecule has 4 aromatic heterocycles. The first kappa shape index (κ1) is 38.8. The van der Waals surface area contributed by atoms with Crippen molar-refractivity contribution in [3.63, 3.8) is 0 Å². The van der Waals surface area contributed by atoms with Crippen molar-refractivity contribution in [2.24, 2.45) is 0 Å². The quantitative estimate of drug-likeness (QED) is 0.150. The molecular formula is C62H42N4Si2. The average molecular weight is 899 g/mol. The third-order valence-corrected chi connectivity index (χ3v) is 24.7. The summed E-state index contributed by atoms with van der Waals surface area (Å²) in [6.45, 7) is 0. The van der Waals surface area contributed by atoms with Gasteiger partial charge in [-0.15, -0.1) is 0 Å². The SMILES string of the molecule is C1=C(C2=Cc3nc(-n4c5ccccc5c5ccccc54)ccc3[Si]2(c2ccccc2)c2ccccc2)[Si](c2ccccc2)(c2ccccc2)c2ccc(-n3c4ccccc4c4ccccc43)nc21. The van der Waals surface area contributed by atoms with Crippen LogP contribution in [0.15, 0.2) is 253 Å². The van der Waals surface area contributed by atoms with Crippen molar-refractivity contribution < 1.29 is 0 Å². The number of benzene rings is 8. The van der Waals surface area contributed by atoms with Gasteiger partial charge in [-0.1, -0.05) is 206 Å². The minimum absolute atomic E-state index is 0.915. The summed E-state index contributed by atoms with van der Waals surface area (Å²) in [5.41, 5.74) is 6.65. The van der Waals surface area contributed by atoms with E-state index in [1.54, 1.807) is 0 Å². The number of nitrogens with zero attached hydrogens (tertiary/aromatic N) is 4. The van der Waals surface area contributed by atoms with E-state index in [1.807, 2.05) is 0 Å². The maximum atomic E-state index is 5.80. The van der Waals surface area contributed by atoms with Crippen LogP contribution in [0, 0.1) is 0 Å². The van der Waals surface area contributed by atoms with E-state index in [-0.39, 0.29) is 0 Å². The van der Waals surface area contributed by atoms with Crippen LogP contribution in [0.4, 0.5) is 0 Å². The van der Waals surface area contributed by atoms with E-state index in [0.29, 0.717) is 0 Å². The number of pyridine rings is 2. The van der Waals surface area contributed by atoms with Gasteiger partial charge in [0.2, 0.25) is 0 Å². The summed E-state index contributed by atoms with van der Waals surface area (Å²) in [5.74, 6) is 1.83. The van der Waals surface area contributed by atoms with Gasteiger partial charge in [0.15, 0.2) is 16.1 Å². The zero-order valence-electron chi connectivity index (χ0n) is 37.0. The van der Waals surface area contributed by atoms with Crippen molar-refractivity contribution in [3.8, 4) is 11.6 Å². The molecule has 8 aromatic carbocycles. The molecule has 0 atom stereocenters. The number of allylic oxidation sites excluding steroid dienone is 2. The molecule has 2 aliphatic heterocycles. The summed E-state index contributed by atoms with van der Waals surface area (Å²) in [4.78, 5) is 11.6. The third kappa shape index (κ3) is 5.35. The topological polar surface area (TPSA) is 35.6 Å². The largest absolute Gasteiger partial charge is 0.294 e. The van der Waals surface area contributed by atoms with Crippen LogP contribution in [-0.4, -0.2) is 35.2 Å².